The molecule has 1 aromatic carbocycles. The zero-order chi connectivity index (χ0) is 21.9. The Hall–Kier alpha value is -2.81. The van der Waals surface area contributed by atoms with Crippen LogP contribution in [0.1, 0.15) is 42.9 Å². The predicted molar refractivity (Wildman–Crippen MR) is 111 cm³/mol. The third-order valence-corrected chi connectivity index (χ3v) is 5.10. The van der Waals surface area contributed by atoms with E-state index in [4.69, 9.17) is 4.74 Å². The van der Waals surface area contributed by atoms with Crippen molar-refractivity contribution in [3.05, 3.63) is 59.4 Å². The zero-order valence-corrected chi connectivity index (χ0v) is 17.8. The fourth-order valence-electron chi connectivity index (χ4n) is 2.72. The Balaban J connectivity index is 1.90. The summed E-state index contributed by atoms with van der Waals surface area (Å²) in [7, 11) is -3.32. The average Bonchev–Trinajstić information content (AvgIpc) is 3.49. The summed E-state index contributed by atoms with van der Waals surface area (Å²) in [6, 6.07) is 8.25. The van der Waals surface area contributed by atoms with Gasteiger partial charge in [0.2, 0.25) is 5.88 Å². The van der Waals surface area contributed by atoms with Crippen LogP contribution in [-0.2, 0) is 15.5 Å². The molecule has 1 fully saturated rings. The van der Waals surface area contributed by atoms with Crippen LogP contribution in [-0.4, -0.2) is 36.6 Å². The maximum atomic E-state index is 14.4. The normalized spacial score (nSPS) is 15.7. The molecule has 1 saturated carbocycles. The van der Waals surface area contributed by atoms with Gasteiger partial charge in [-0.2, -0.15) is 4.98 Å². The van der Waals surface area contributed by atoms with E-state index in [0.29, 0.717) is 5.75 Å². The zero-order valence-electron chi connectivity index (χ0n) is 17.0. The monoisotopic (exact) mass is 433 g/mol. The first-order chi connectivity index (χ1) is 14.0. The number of benzene rings is 1. The number of hydrogen-bond acceptors (Lipinski definition) is 6. The number of amides is 1. The summed E-state index contributed by atoms with van der Waals surface area (Å²) in [6.07, 6.45) is 5.56. The van der Waals surface area contributed by atoms with E-state index in [0.717, 1.165) is 24.5 Å². The Morgan fingerprint density at radius 3 is 2.53 bits per heavy atom. The van der Waals surface area contributed by atoms with Gasteiger partial charge in [0.15, 0.2) is 21.3 Å². The molecule has 1 aliphatic rings. The minimum atomic E-state index is -3.32. The summed E-state index contributed by atoms with van der Waals surface area (Å²) in [5, 5.41) is 3.89. The number of ether oxygens (including phenoxy) is 1. The highest BCUT2D eigenvalue weighted by Gasteiger charge is 2.32. The molecule has 1 amide bonds. The number of halogens is 1. The molecular weight excluding hydrogens is 409 g/mol. The van der Waals surface area contributed by atoms with E-state index in [9.17, 15) is 17.6 Å². The summed E-state index contributed by atoms with van der Waals surface area (Å²) in [6.45, 7) is 2.63. The van der Waals surface area contributed by atoms with Crippen molar-refractivity contribution in [2.45, 2.75) is 38.4 Å². The highest BCUT2D eigenvalue weighted by atomic mass is 32.2. The summed E-state index contributed by atoms with van der Waals surface area (Å²) >= 11 is 0. The first kappa shape index (κ1) is 21.9. The third-order valence-electron chi connectivity index (χ3n) is 4.45. The molecule has 1 aromatic heterocycles. The Morgan fingerprint density at radius 1 is 1.30 bits per heavy atom. The quantitative estimate of drug-likeness (QED) is 0.684. The molecule has 3 rings (SSSR count). The van der Waals surface area contributed by atoms with Crippen LogP contribution in [0.25, 0.3) is 0 Å². The van der Waals surface area contributed by atoms with Gasteiger partial charge in [0.05, 0.1) is 6.04 Å². The van der Waals surface area contributed by atoms with E-state index in [1.807, 2.05) is 6.07 Å². The smallest absolute Gasteiger partial charge is 0.258 e. The lowest BCUT2D eigenvalue weighted by Gasteiger charge is -2.18. The fourth-order valence-corrected chi connectivity index (χ4v) is 3.18. The first-order valence-electron chi connectivity index (χ1n) is 9.51. The summed E-state index contributed by atoms with van der Waals surface area (Å²) < 4.78 is 43.0. The van der Waals surface area contributed by atoms with Crippen molar-refractivity contribution in [3.63, 3.8) is 0 Å². The second-order valence-electron chi connectivity index (χ2n) is 7.79. The largest absolute Gasteiger partial charge is 0.438 e. The van der Waals surface area contributed by atoms with Crippen molar-refractivity contribution in [2.24, 2.45) is 5.92 Å². The number of alkyl halides is 1. The molecule has 0 saturated heterocycles. The molecule has 7 nitrogen and oxygen atoms in total. The molecule has 1 unspecified atom stereocenters. The van der Waals surface area contributed by atoms with E-state index >= 15 is 0 Å². The maximum absolute atomic E-state index is 14.4. The van der Waals surface area contributed by atoms with Gasteiger partial charge in [-0.15, -0.1) is 0 Å². The first-order valence-corrected chi connectivity index (χ1v) is 11.5. The second kappa shape index (κ2) is 8.51. The van der Waals surface area contributed by atoms with Crippen LogP contribution < -0.4 is 10.1 Å². The Labute approximate surface area is 175 Å². The van der Waals surface area contributed by atoms with Crippen LogP contribution >= 0.6 is 0 Å². The van der Waals surface area contributed by atoms with Gasteiger partial charge in [0, 0.05) is 17.9 Å². The molecule has 0 spiro atoms. The van der Waals surface area contributed by atoms with Crippen molar-refractivity contribution in [1.82, 2.24) is 15.3 Å². The molecule has 9 heteroatoms. The summed E-state index contributed by atoms with van der Waals surface area (Å²) in [4.78, 5) is 21.1. The number of sulfone groups is 1. The van der Waals surface area contributed by atoms with Crippen molar-refractivity contribution in [3.8, 4) is 11.6 Å². The second-order valence-corrected chi connectivity index (χ2v) is 9.73. The van der Waals surface area contributed by atoms with Crippen LogP contribution in [0.3, 0.4) is 0 Å². The lowest BCUT2D eigenvalue weighted by atomic mass is 10.1. The van der Waals surface area contributed by atoms with Gasteiger partial charge in [-0.25, -0.2) is 17.8 Å². The summed E-state index contributed by atoms with van der Waals surface area (Å²) in [5.41, 5.74) is -1.79. The predicted octanol–water partition coefficient (Wildman–Crippen LogP) is 3.54. The van der Waals surface area contributed by atoms with Gasteiger partial charge in [0.25, 0.3) is 5.91 Å². The van der Waals surface area contributed by atoms with Crippen molar-refractivity contribution in [1.29, 1.82) is 0 Å². The van der Waals surface area contributed by atoms with Crippen LogP contribution in [0.5, 0.6) is 11.6 Å². The van der Waals surface area contributed by atoms with Gasteiger partial charge in [0.1, 0.15) is 11.3 Å². The van der Waals surface area contributed by atoms with Crippen LogP contribution in [0.4, 0.5) is 4.39 Å². The lowest BCUT2D eigenvalue weighted by Crippen LogP contribution is -2.35. The minimum Gasteiger partial charge on any atom is -0.438 e. The number of rotatable bonds is 8. The molecule has 1 N–H and O–H groups in total. The number of hydrogen-bond donors (Lipinski definition) is 1. The van der Waals surface area contributed by atoms with Crippen molar-refractivity contribution >= 4 is 15.7 Å². The number of carbonyl (C=O) groups excluding carboxylic acids is 1. The van der Waals surface area contributed by atoms with E-state index in [1.165, 1.54) is 26.1 Å². The van der Waals surface area contributed by atoms with E-state index in [-0.39, 0.29) is 23.2 Å². The van der Waals surface area contributed by atoms with Crippen molar-refractivity contribution in [2.75, 3.05) is 6.26 Å². The highest BCUT2D eigenvalue weighted by Crippen LogP contribution is 2.34. The van der Waals surface area contributed by atoms with Crippen LogP contribution in [0.2, 0.25) is 0 Å². The lowest BCUT2D eigenvalue weighted by molar-refractivity contribution is 0.0936. The van der Waals surface area contributed by atoms with Gasteiger partial charge >= 0.3 is 0 Å². The number of para-hydroxylation sites is 1. The minimum absolute atomic E-state index is 0.0326. The average molecular weight is 434 g/mol. The molecule has 1 atom stereocenters. The Morgan fingerprint density at radius 2 is 1.97 bits per heavy atom. The summed E-state index contributed by atoms with van der Waals surface area (Å²) in [5.74, 6) is -0.116. The SMILES string of the molecule is CC(C)(F)c1ncc(C(=O)NC(/C=C/S(C)(=O)=O)C2CC2)c(Oc2ccccc2)n1. The van der Waals surface area contributed by atoms with Crippen molar-refractivity contribution < 1.29 is 22.3 Å². The molecule has 0 radical (unpaired) electrons. The van der Waals surface area contributed by atoms with Gasteiger partial charge in [-0.1, -0.05) is 24.3 Å². The van der Waals surface area contributed by atoms with Gasteiger partial charge in [-0.05, 0) is 44.7 Å². The number of carbonyl (C=O) groups is 1. The molecule has 0 aliphatic heterocycles. The molecule has 1 aliphatic carbocycles. The van der Waals surface area contributed by atoms with E-state index in [1.54, 1.807) is 24.3 Å². The van der Waals surface area contributed by atoms with E-state index in [2.05, 4.69) is 15.3 Å². The molecule has 1 heterocycles. The maximum Gasteiger partial charge on any atom is 0.258 e. The molecule has 2 aromatic rings. The standard InChI is InChI=1S/C21H24FN3O4S/c1-21(2,22)20-23-13-16(19(25-20)29-15-7-5-4-6-8-15)18(26)24-17(14-9-10-14)11-12-30(3,27)28/h4-8,11-14,17H,9-10H2,1-3H3,(H,24,26)/b12-11+. The van der Waals surface area contributed by atoms with Gasteiger partial charge < -0.3 is 10.1 Å². The van der Waals surface area contributed by atoms with Crippen LogP contribution in [0, 0.1) is 5.92 Å². The molecule has 0 bridgehead atoms. The number of nitrogens with one attached hydrogen (secondary N) is 1. The Kier molecular flexibility index (Phi) is 6.21. The Bertz CT molecular complexity index is 1050. The van der Waals surface area contributed by atoms with Crippen LogP contribution in [0.15, 0.2) is 48.0 Å². The third kappa shape index (κ3) is 6.09. The fraction of sp³-hybridized carbons (Fsp3) is 0.381. The molecular formula is C21H24FN3O4S. The molecule has 30 heavy (non-hydrogen) atoms. The highest BCUT2D eigenvalue weighted by molar-refractivity contribution is 7.93. The van der Waals surface area contributed by atoms with Gasteiger partial charge in [-0.3, -0.25) is 4.79 Å². The van der Waals surface area contributed by atoms with E-state index < -0.39 is 27.5 Å². The topological polar surface area (TPSA) is 98.2 Å². The number of aromatic nitrogens is 2. The molecule has 160 valence electrons. The number of nitrogens with zero attached hydrogens (tertiary/aromatic N) is 2.